The molecule has 0 radical (unpaired) electrons. The zero-order chi connectivity index (χ0) is 12.3. The molecular formula is C11H15N5O. The van der Waals surface area contributed by atoms with E-state index in [4.69, 9.17) is 10.5 Å². The summed E-state index contributed by atoms with van der Waals surface area (Å²) in [6.07, 6.45) is 0.970. The lowest BCUT2D eigenvalue weighted by Crippen LogP contribution is -2.02. The summed E-state index contributed by atoms with van der Waals surface area (Å²) >= 11 is 0. The first kappa shape index (κ1) is 11.4. The van der Waals surface area contributed by atoms with Crippen LogP contribution in [0.2, 0.25) is 0 Å². The minimum Gasteiger partial charge on any atom is -0.497 e. The van der Waals surface area contributed by atoms with Gasteiger partial charge in [0.1, 0.15) is 5.75 Å². The third kappa shape index (κ3) is 2.35. The van der Waals surface area contributed by atoms with Crippen LogP contribution in [0.5, 0.6) is 5.75 Å². The van der Waals surface area contributed by atoms with Crippen LogP contribution >= 0.6 is 0 Å². The van der Waals surface area contributed by atoms with Crippen molar-refractivity contribution in [3.8, 4) is 17.1 Å². The standard InChI is InChI=1S/C11H15N5O/c1-3-4-16-11(13-14-15-16)8-5-9(12)7-10(6-8)17-2/h5-7H,3-4,12H2,1-2H3. The number of nitrogens with zero attached hydrogens (tertiary/aromatic N) is 4. The predicted octanol–water partition coefficient (Wildman–Crippen LogP) is 1.34. The van der Waals surface area contributed by atoms with Crippen LogP contribution in [-0.2, 0) is 6.54 Å². The molecule has 0 bridgehead atoms. The van der Waals surface area contributed by atoms with Crippen LogP contribution in [0.15, 0.2) is 18.2 Å². The molecule has 0 unspecified atom stereocenters. The Morgan fingerprint density at radius 1 is 1.35 bits per heavy atom. The number of aryl methyl sites for hydroxylation is 1. The van der Waals surface area contributed by atoms with Crippen molar-refractivity contribution < 1.29 is 4.74 Å². The number of anilines is 1. The van der Waals surface area contributed by atoms with Crippen molar-refractivity contribution in [1.82, 2.24) is 20.2 Å². The predicted molar refractivity (Wildman–Crippen MR) is 64.5 cm³/mol. The van der Waals surface area contributed by atoms with Gasteiger partial charge in [0.05, 0.1) is 7.11 Å². The number of aromatic nitrogens is 4. The maximum absolute atomic E-state index is 5.81. The van der Waals surface area contributed by atoms with Gasteiger partial charge in [-0.3, -0.25) is 0 Å². The molecule has 17 heavy (non-hydrogen) atoms. The van der Waals surface area contributed by atoms with E-state index in [0.717, 1.165) is 18.5 Å². The van der Waals surface area contributed by atoms with Crippen LogP contribution in [0.1, 0.15) is 13.3 Å². The monoisotopic (exact) mass is 233 g/mol. The molecule has 0 atom stereocenters. The Hall–Kier alpha value is -2.11. The number of benzene rings is 1. The van der Waals surface area contributed by atoms with Crippen molar-refractivity contribution >= 4 is 5.69 Å². The molecule has 1 heterocycles. The molecule has 2 rings (SSSR count). The summed E-state index contributed by atoms with van der Waals surface area (Å²) in [6.45, 7) is 2.85. The Balaban J connectivity index is 2.44. The van der Waals surface area contributed by atoms with E-state index in [1.54, 1.807) is 17.9 Å². The number of nitrogen functional groups attached to an aromatic ring is 1. The van der Waals surface area contributed by atoms with Crippen molar-refractivity contribution in [3.05, 3.63) is 18.2 Å². The molecule has 0 saturated heterocycles. The molecule has 0 saturated carbocycles. The Bertz CT molecular complexity index is 508. The van der Waals surface area contributed by atoms with Crippen LogP contribution in [-0.4, -0.2) is 27.3 Å². The highest BCUT2D eigenvalue weighted by molar-refractivity contribution is 5.64. The quantitative estimate of drug-likeness (QED) is 0.806. The van der Waals surface area contributed by atoms with E-state index in [1.807, 2.05) is 12.1 Å². The van der Waals surface area contributed by atoms with E-state index >= 15 is 0 Å². The van der Waals surface area contributed by atoms with Crippen molar-refractivity contribution in [3.63, 3.8) is 0 Å². The summed E-state index contributed by atoms with van der Waals surface area (Å²) in [5.41, 5.74) is 7.30. The van der Waals surface area contributed by atoms with Crippen LogP contribution < -0.4 is 10.5 Å². The van der Waals surface area contributed by atoms with Gasteiger partial charge in [-0.15, -0.1) is 5.10 Å². The normalized spacial score (nSPS) is 10.5. The number of hydrogen-bond donors (Lipinski definition) is 1. The number of tetrazole rings is 1. The van der Waals surface area contributed by atoms with Crippen molar-refractivity contribution in [2.45, 2.75) is 19.9 Å². The fraction of sp³-hybridized carbons (Fsp3) is 0.364. The first-order valence-corrected chi connectivity index (χ1v) is 5.45. The zero-order valence-corrected chi connectivity index (χ0v) is 9.92. The minimum absolute atomic E-state index is 0.630. The Morgan fingerprint density at radius 3 is 2.88 bits per heavy atom. The maximum Gasteiger partial charge on any atom is 0.182 e. The summed E-state index contributed by atoms with van der Waals surface area (Å²) in [7, 11) is 1.60. The highest BCUT2D eigenvalue weighted by atomic mass is 16.5. The molecule has 0 fully saturated rings. The smallest absolute Gasteiger partial charge is 0.182 e. The highest BCUT2D eigenvalue weighted by Crippen LogP contribution is 2.25. The largest absolute Gasteiger partial charge is 0.497 e. The van der Waals surface area contributed by atoms with E-state index in [-0.39, 0.29) is 0 Å². The maximum atomic E-state index is 5.81. The third-order valence-electron chi connectivity index (χ3n) is 2.39. The van der Waals surface area contributed by atoms with Crippen molar-refractivity contribution in [1.29, 1.82) is 0 Å². The first-order valence-electron chi connectivity index (χ1n) is 5.45. The Labute approximate surface area is 99.4 Å². The van der Waals surface area contributed by atoms with E-state index in [0.29, 0.717) is 17.3 Å². The molecule has 0 aliphatic rings. The Morgan fingerprint density at radius 2 is 2.18 bits per heavy atom. The second-order valence-corrected chi connectivity index (χ2v) is 3.72. The van der Waals surface area contributed by atoms with Gasteiger partial charge in [0, 0.05) is 23.9 Å². The van der Waals surface area contributed by atoms with Crippen LogP contribution in [0.4, 0.5) is 5.69 Å². The van der Waals surface area contributed by atoms with E-state index in [1.165, 1.54) is 0 Å². The lowest BCUT2D eigenvalue weighted by atomic mass is 10.1. The second-order valence-electron chi connectivity index (χ2n) is 3.72. The van der Waals surface area contributed by atoms with Gasteiger partial charge in [0.2, 0.25) is 0 Å². The summed E-state index contributed by atoms with van der Waals surface area (Å²) in [5.74, 6) is 1.41. The fourth-order valence-electron chi connectivity index (χ4n) is 1.64. The van der Waals surface area contributed by atoms with Gasteiger partial charge in [-0.2, -0.15) is 0 Å². The van der Waals surface area contributed by atoms with Gasteiger partial charge in [0.25, 0.3) is 0 Å². The average Bonchev–Trinajstić information content (AvgIpc) is 2.77. The van der Waals surface area contributed by atoms with Crippen LogP contribution in [0.3, 0.4) is 0 Å². The van der Waals surface area contributed by atoms with Gasteiger partial charge in [-0.05, 0) is 29.0 Å². The molecule has 6 heteroatoms. The van der Waals surface area contributed by atoms with Crippen molar-refractivity contribution in [2.75, 3.05) is 12.8 Å². The molecule has 0 aliphatic heterocycles. The SMILES string of the molecule is CCCn1nnnc1-c1cc(N)cc(OC)c1. The van der Waals surface area contributed by atoms with Gasteiger partial charge in [-0.25, -0.2) is 4.68 Å². The highest BCUT2D eigenvalue weighted by Gasteiger charge is 2.10. The first-order chi connectivity index (χ1) is 8.24. The molecule has 0 amide bonds. The minimum atomic E-state index is 0.630. The van der Waals surface area contributed by atoms with Crippen molar-refractivity contribution in [2.24, 2.45) is 0 Å². The van der Waals surface area contributed by atoms with E-state index < -0.39 is 0 Å². The number of ether oxygens (including phenoxy) is 1. The molecule has 1 aromatic carbocycles. The summed E-state index contributed by atoms with van der Waals surface area (Å²) < 4.78 is 6.93. The molecule has 90 valence electrons. The van der Waals surface area contributed by atoms with Gasteiger partial charge in [0.15, 0.2) is 5.82 Å². The topological polar surface area (TPSA) is 78.9 Å². The Kier molecular flexibility index (Phi) is 3.22. The second kappa shape index (κ2) is 4.82. The molecule has 2 N–H and O–H groups in total. The summed E-state index contributed by atoms with van der Waals surface area (Å²) in [4.78, 5) is 0. The molecule has 1 aromatic heterocycles. The molecule has 2 aromatic rings. The lowest BCUT2D eigenvalue weighted by Gasteiger charge is -2.06. The molecular weight excluding hydrogens is 218 g/mol. The van der Waals surface area contributed by atoms with Gasteiger partial charge < -0.3 is 10.5 Å². The van der Waals surface area contributed by atoms with Gasteiger partial charge in [-0.1, -0.05) is 6.92 Å². The number of methoxy groups -OCH3 is 1. The number of hydrogen-bond acceptors (Lipinski definition) is 5. The van der Waals surface area contributed by atoms with Gasteiger partial charge >= 0.3 is 0 Å². The third-order valence-corrected chi connectivity index (χ3v) is 2.39. The molecule has 0 spiro atoms. The zero-order valence-electron chi connectivity index (χ0n) is 9.92. The summed E-state index contributed by atoms with van der Waals surface area (Å²) in [6, 6.07) is 5.46. The summed E-state index contributed by atoms with van der Waals surface area (Å²) in [5, 5.41) is 11.6. The van der Waals surface area contributed by atoms with E-state index in [2.05, 4.69) is 22.4 Å². The van der Waals surface area contributed by atoms with Crippen LogP contribution in [0, 0.1) is 0 Å². The molecule has 0 aliphatic carbocycles. The lowest BCUT2D eigenvalue weighted by molar-refractivity contribution is 0.415. The average molecular weight is 233 g/mol. The fourth-order valence-corrected chi connectivity index (χ4v) is 1.64. The van der Waals surface area contributed by atoms with E-state index in [9.17, 15) is 0 Å². The number of rotatable bonds is 4. The molecule has 6 nitrogen and oxygen atoms in total. The van der Waals surface area contributed by atoms with Crippen LogP contribution in [0.25, 0.3) is 11.4 Å². The number of nitrogens with two attached hydrogens (primary N) is 1.